The minimum absolute atomic E-state index is 0.170. The Balaban J connectivity index is 2.22. The van der Waals surface area contributed by atoms with E-state index in [4.69, 9.17) is 10.5 Å². The number of nitrogens with one attached hydrogen (secondary N) is 3. The van der Waals surface area contributed by atoms with Crippen molar-refractivity contribution < 1.29 is 28.7 Å². The lowest BCUT2D eigenvalue weighted by Crippen LogP contribution is -2.64. The summed E-state index contributed by atoms with van der Waals surface area (Å²) in [5.74, 6) is -1.84. The topological polar surface area (TPSA) is 160 Å². The average Bonchev–Trinajstić information content (AvgIpc) is 3.51. The molecule has 4 unspecified atom stereocenters. The third-order valence-electron chi connectivity index (χ3n) is 9.66. The summed E-state index contributed by atoms with van der Waals surface area (Å²) in [5.41, 5.74) is 4.47. The summed E-state index contributed by atoms with van der Waals surface area (Å²) >= 11 is 0. The Hall–Kier alpha value is -3.47. The highest BCUT2D eigenvalue weighted by molar-refractivity contribution is 5.93. The molecule has 4 atom stereocenters. The van der Waals surface area contributed by atoms with Gasteiger partial charge >= 0.3 is 5.97 Å². The van der Waals surface area contributed by atoms with Gasteiger partial charge in [0.2, 0.25) is 23.6 Å². The molecule has 5 N–H and O–H groups in total. The SMILES string of the molecule is CCCCCC(=O)NC(Cc1ccc(OC(=O)CN2CCCC2)cc1)C(=O)NC(C(=O)NC(C)(C)C(C)(CC)C(N)=O)C(C)CC. The number of likely N-dealkylation sites (tertiary alicyclic amines) is 1. The van der Waals surface area contributed by atoms with Gasteiger partial charge in [0.1, 0.15) is 17.8 Å². The maximum Gasteiger partial charge on any atom is 0.325 e. The van der Waals surface area contributed by atoms with E-state index >= 15 is 0 Å². The number of nitrogens with zero attached hydrogens (tertiary/aromatic N) is 1. The molecular formula is C35H57N5O6. The molecule has 258 valence electrons. The molecule has 1 aliphatic heterocycles. The molecule has 0 radical (unpaired) electrons. The summed E-state index contributed by atoms with van der Waals surface area (Å²) < 4.78 is 5.50. The van der Waals surface area contributed by atoms with E-state index in [1.807, 2.05) is 20.8 Å². The van der Waals surface area contributed by atoms with Crippen molar-refractivity contribution in [3.8, 4) is 5.75 Å². The molecule has 1 aliphatic rings. The highest BCUT2D eigenvalue weighted by Gasteiger charge is 2.46. The third kappa shape index (κ3) is 11.1. The maximum atomic E-state index is 13.8. The second-order valence-electron chi connectivity index (χ2n) is 13.4. The Bertz CT molecular complexity index is 1180. The lowest BCUT2D eigenvalue weighted by atomic mass is 9.70. The third-order valence-corrected chi connectivity index (χ3v) is 9.66. The fraction of sp³-hybridized carbons (Fsp3) is 0.686. The van der Waals surface area contributed by atoms with Crippen molar-refractivity contribution in [2.45, 2.75) is 124 Å². The lowest BCUT2D eigenvalue weighted by molar-refractivity contribution is -0.137. The zero-order valence-electron chi connectivity index (χ0n) is 29.0. The van der Waals surface area contributed by atoms with Crippen molar-refractivity contribution in [2.75, 3.05) is 19.6 Å². The van der Waals surface area contributed by atoms with Crippen LogP contribution in [0, 0.1) is 11.3 Å². The molecule has 0 spiro atoms. The van der Waals surface area contributed by atoms with Gasteiger partial charge in [-0.1, -0.05) is 59.1 Å². The van der Waals surface area contributed by atoms with Gasteiger partial charge in [0.05, 0.1) is 12.0 Å². The number of carbonyl (C=O) groups excluding carboxylic acids is 5. The van der Waals surface area contributed by atoms with Crippen LogP contribution >= 0.6 is 0 Å². The van der Waals surface area contributed by atoms with Crippen molar-refractivity contribution in [1.82, 2.24) is 20.9 Å². The summed E-state index contributed by atoms with van der Waals surface area (Å²) in [4.78, 5) is 67.1. The summed E-state index contributed by atoms with van der Waals surface area (Å²) in [6.45, 7) is 14.9. The van der Waals surface area contributed by atoms with Crippen LogP contribution in [0.1, 0.15) is 105 Å². The molecule has 1 aromatic rings. The second kappa shape index (κ2) is 18.0. The Morgan fingerprint density at radius 2 is 1.57 bits per heavy atom. The monoisotopic (exact) mass is 643 g/mol. The first-order valence-electron chi connectivity index (χ1n) is 16.9. The van der Waals surface area contributed by atoms with E-state index in [1.165, 1.54) is 0 Å². The molecule has 1 heterocycles. The Morgan fingerprint density at radius 3 is 2.11 bits per heavy atom. The van der Waals surface area contributed by atoms with E-state index in [1.54, 1.807) is 45.0 Å². The van der Waals surface area contributed by atoms with Gasteiger partial charge in [0.15, 0.2) is 0 Å². The quantitative estimate of drug-likeness (QED) is 0.102. The number of amides is 4. The smallest absolute Gasteiger partial charge is 0.325 e. The second-order valence-corrected chi connectivity index (χ2v) is 13.4. The fourth-order valence-electron chi connectivity index (χ4n) is 5.63. The average molecular weight is 644 g/mol. The Kier molecular flexibility index (Phi) is 15.2. The lowest BCUT2D eigenvalue weighted by Gasteiger charge is -2.43. The molecule has 0 bridgehead atoms. The molecule has 11 nitrogen and oxygen atoms in total. The molecule has 4 amide bonds. The number of carbonyl (C=O) groups is 5. The van der Waals surface area contributed by atoms with Crippen LogP contribution < -0.4 is 26.4 Å². The van der Waals surface area contributed by atoms with Gasteiger partial charge in [0, 0.05) is 18.4 Å². The van der Waals surface area contributed by atoms with Crippen LogP contribution in [0.25, 0.3) is 0 Å². The molecule has 2 rings (SSSR count). The van der Waals surface area contributed by atoms with Gasteiger partial charge in [0.25, 0.3) is 0 Å². The molecule has 0 saturated carbocycles. The van der Waals surface area contributed by atoms with E-state index < -0.39 is 40.8 Å². The van der Waals surface area contributed by atoms with Crippen LogP contribution in [-0.4, -0.2) is 71.8 Å². The molecule has 0 aromatic heterocycles. The predicted molar refractivity (Wildman–Crippen MR) is 179 cm³/mol. The Labute approximate surface area is 275 Å². The van der Waals surface area contributed by atoms with Crippen LogP contribution in [0.5, 0.6) is 5.75 Å². The predicted octanol–water partition coefficient (Wildman–Crippen LogP) is 3.62. The van der Waals surface area contributed by atoms with E-state index in [9.17, 15) is 24.0 Å². The molecule has 0 aliphatic carbocycles. The number of hydrogen-bond acceptors (Lipinski definition) is 7. The number of esters is 1. The van der Waals surface area contributed by atoms with Crippen molar-refractivity contribution >= 4 is 29.6 Å². The van der Waals surface area contributed by atoms with Crippen molar-refractivity contribution in [3.05, 3.63) is 29.8 Å². The summed E-state index contributed by atoms with van der Waals surface area (Å²) in [7, 11) is 0. The number of rotatable bonds is 19. The Morgan fingerprint density at radius 1 is 0.935 bits per heavy atom. The van der Waals surface area contributed by atoms with Gasteiger partial charge in [-0.05, 0) is 83.2 Å². The standard InChI is InChI=1S/C35H57N5O6/c1-8-11-12-15-28(41)37-27(22-25-16-18-26(19-17-25)46-29(42)23-40-20-13-14-21-40)31(43)38-30(24(4)9-2)32(44)39-34(5,6)35(7,10-3)33(36)45/h16-19,24,27,30H,8-15,20-23H2,1-7H3,(H2,36,45)(H,37,41)(H,38,43)(H,39,44). The van der Waals surface area contributed by atoms with E-state index in [0.29, 0.717) is 25.0 Å². The van der Waals surface area contributed by atoms with Crippen LogP contribution in [0.3, 0.4) is 0 Å². The van der Waals surface area contributed by atoms with Crippen LogP contribution in [0.4, 0.5) is 0 Å². The van der Waals surface area contributed by atoms with Gasteiger partial charge in [-0.2, -0.15) is 0 Å². The minimum atomic E-state index is -1.02. The van der Waals surface area contributed by atoms with Crippen molar-refractivity contribution in [2.24, 2.45) is 17.1 Å². The zero-order chi connectivity index (χ0) is 34.5. The van der Waals surface area contributed by atoms with Crippen molar-refractivity contribution in [3.63, 3.8) is 0 Å². The van der Waals surface area contributed by atoms with Crippen molar-refractivity contribution in [1.29, 1.82) is 0 Å². The van der Waals surface area contributed by atoms with E-state index in [2.05, 4.69) is 27.8 Å². The molecule has 1 saturated heterocycles. The number of benzene rings is 1. The number of hydrogen-bond donors (Lipinski definition) is 4. The molecule has 1 fully saturated rings. The summed E-state index contributed by atoms with van der Waals surface area (Å²) in [5, 5.41) is 8.74. The van der Waals surface area contributed by atoms with Gasteiger partial charge in [-0.3, -0.25) is 28.9 Å². The highest BCUT2D eigenvalue weighted by Crippen LogP contribution is 2.34. The number of nitrogens with two attached hydrogens (primary N) is 1. The first kappa shape index (κ1) is 38.7. The largest absolute Gasteiger partial charge is 0.426 e. The van der Waals surface area contributed by atoms with Gasteiger partial charge in [-0.15, -0.1) is 0 Å². The molecule has 46 heavy (non-hydrogen) atoms. The summed E-state index contributed by atoms with van der Waals surface area (Å²) in [6, 6.07) is 5.02. The number of primary amides is 1. The first-order chi connectivity index (χ1) is 21.7. The van der Waals surface area contributed by atoms with E-state index in [0.717, 1.165) is 44.3 Å². The zero-order valence-corrected chi connectivity index (χ0v) is 29.0. The van der Waals surface area contributed by atoms with Gasteiger partial charge < -0.3 is 26.4 Å². The normalized spacial score (nSPS) is 16.8. The first-order valence-corrected chi connectivity index (χ1v) is 16.9. The minimum Gasteiger partial charge on any atom is -0.426 e. The number of unbranched alkanes of at least 4 members (excludes halogenated alkanes) is 2. The van der Waals surface area contributed by atoms with Crippen LogP contribution in [0.15, 0.2) is 24.3 Å². The van der Waals surface area contributed by atoms with E-state index in [-0.39, 0.29) is 37.2 Å². The van der Waals surface area contributed by atoms with Gasteiger partial charge in [-0.25, -0.2) is 0 Å². The van der Waals surface area contributed by atoms with Crippen LogP contribution in [0.2, 0.25) is 0 Å². The highest BCUT2D eigenvalue weighted by atomic mass is 16.5. The molecular weight excluding hydrogens is 586 g/mol. The molecule has 11 heteroatoms. The maximum absolute atomic E-state index is 13.8. The molecule has 1 aromatic carbocycles. The fourth-order valence-corrected chi connectivity index (χ4v) is 5.63. The van der Waals surface area contributed by atoms with Crippen LogP contribution in [-0.2, 0) is 30.4 Å². The summed E-state index contributed by atoms with van der Waals surface area (Å²) in [6.07, 6.45) is 6.21. The number of ether oxygens (including phenoxy) is 1.